The lowest BCUT2D eigenvalue weighted by Gasteiger charge is -2.11. The van der Waals surface area contributed by atoms with Gasteiger partial charge in [0.2, 0.25) is 5.88 Å². The average molecular weight is 377 g/mol. The SMILES string of the molecule is Cc1ccc(-c2cc(NC(=O)C[NH+](C)Cc3ccc(Cl)s3)on2)cc1. The van der Waals surface area contributed by atoms with Crippen LogP contribution >= 0.6 is 22.9 Å². The number of carbonyl (C=O) groups is 1. The van der Waals surface area contributed by atoms with Crippen molar-refractivity contribution in [3.05, 3.63) is 57.2 Å². The van der Waals surface area contributed by atoms with Crippen LogP contribution in [0.25, 0.3) is 11.3 Å². The van der Waals surface area contributed by atoms with E-state index in [1.54, 1.807) is 6.07 Å². The highest BCUT2D eigenvalue weighted by molar-refractivity contribution is 7.16. The number of nitrogens with zero attached hydrogens (tertiary/aromatic N) is 1. The van der Waals surface area contributed by atoms with E-state index in [0.717, 1.165) is 26.2 Å². The van der Waals surface area contributed by atoms with E-state index in [1.165, 1.54) is 16.9 Å². The van der Waals surface area contributed by atoms with Gasteiger partial charge in [0.1, 0.15) is 12.2 Å². The number of hydrogen-bond donors (Lipinski definition) is 2. The fraction of sp³-hybridized carbons (Fsp3) is 0.222. The van der Waals surface area contributed by atoms with Crippen molar-refractivity contribution < 1.29 is 14.2 Å². The zero-order valence-electron chi connectivity index (χ0n) is 14.0. The lowest BCUT2D eigenvalue weighted by atomic mass is 10.1. The van der Waals surface area contributed by atoms with Crippen molar-refractivity contribution in [1.82, 2.24) is 5.16 Å². The maximum atomic E-state index is 12.2. The molecule has 7 heteroatoms. The molecule has 3 rings (SSSR count). The molecule has 5 nitrogen and oxygen atoms in total. The largest absolute Gasteiger partial charge is 0.338 e. The number of amides is 1. The van der Waals surface area contributed by atoms with Crippen LogP contribution in [0, 0.1) is 6.92 Å². The van der Waals surface area contributed by atoms with Crippen molar-refractivity contribution in [2.24, 2.45) is 0 Å². The smallest absolute Gasteiger partial charge is 0.281 e. The van der Waals surface area contributed by atoms with Gasteiger partial charge in [-0.15, -0.1) is 11.3 Å². The summed E-state index contributed by atoms with van der Waals surface area (Å²) in [6.45, 7) is 3.10. The van der Waals surface area contributed by atoms with Gasteiger partial charge in [-0.3, -0.25) is 10.1 Å². The number of aromatic nitrogens is 1. The number of carbonyl (C=O) groups excluding carboxylic acids is 1. The summed E-state index contributed by atoms with van der Waals surface area (Å²) in [5, 5.41) is 6.76. The second-order valence-corrected chi connectivity index (χ2v) is 7.81. The topological polar surface area (TPSA) is 59.6 Å². The maximum Gasteiger partial charge on any atom is 0.281 e. The number of halogens is 1. The summed E-state index contributed by atoms with van der Waals surface area (Å²) in [5.74, 6) is 0.235. The van der Waals surface area contributed by atoms with Crippen molar-refractivity contribution >= 4 is 34.7 Å². The van der Waals surface area contributed by atoms with Crippen LogP contribution in [0.2, 0.25) is 4.34 Å². The predicted octanol–water partition coefficient (Wildman–Crippen LogP) is 3.02. The lowest BCUT2D eigenvalue weighted by molar-refractivity contribution is -0.884. The van der Waals surface area contributed by atoms with Crippen molar-refractivity contribution in [3.8, 4) is 11.3 Å². The molecule has 2 heterocycles. The Morgan fingerprint density at radius 1 is 1.28 bits per heavy atom. The van der Waals surface area contributed by atoms with Gasteiger partial charge in [0.25, 0.3) is 5.91 Å². The second-order valence-electron chi connectivity index (χ2n) is 6.01. The summed E-state index contributed by atoms with van der Waals surface area (Å²) in [6.07, 6.45) is 0. The van der Waals surface area contributed by atoms with Gasteiger partial charge in [-0.25, -0.2) is 0 Å². The van der Waals surface area contributed by atoms with E-state index in [0.29, 0.717) is 18.1 Å². The number of rotatable bonds is 6. The van der Waals surface area contributed by atoms with E-state index in [1.807, 2.05) is 50.4 Å². The zero-order chi connectivity index (χ0) is 17.8. The summed E-state index contributed by atoms with van der Waals surface area (Å²) in [7, 11) is 1.96. The molecule has 1 atom stereocenters. The molecular weight excluding hydrogens is 358 g/mol. The highest BCUT2D eigenvalue weighted by Crippen LogP contribution is 2.22. The van der Waals surface area contributed by atoms with E-state index in [4.69, 9.17) is 16.1 Å². The summed E-state index contributed by atoms with van der Waals surface area (Å²) in [4.78, 5) is 14.4. The Morgan fingerprint density at radius 2 is 2.04 bits per heavy atom. The Kier molecular flexibility index (Phi) is 5.53. The molecule has 3 aromatic rings. The first-order valence-electron chi connectivity index (χ1n) is 7.89. The molecule has 0 spiro atoms. The van der Waals surface area contributed by atoms with E-state index < -0.39 is 0 Å². The van der Waals surface area contributed by atoms with Crippen LogP contribution in [-0.4, -0.2) is 24.7 Å². The minimum absolute atomic E-state index is 0.119. The third-order valence-electron chi connectivity index (χ3n) is 3.69. The normalized spacial score (nSPS) is 12.1. The number of benzene rings is 1. The van der Waals surface area contributed by atoms with Crippen LogP contribution in [0.5, 0.6) is 0 Å². The van der Waals surface area contributed by atoms with Gasteiger partial charge in [0.15, 0.2) is 6.54 Å². The minimum Gasteiger partial charge on any atom is -0.338 e. The number of quaternary nitrogens is 1. The van der Waals surface area contributed by atoms with Crippen molar-refractivity contribution in [1.29, 1.82) is 0 Å². The highest BCUT2D eigenvalue weighted by Gasteiger charge is 2.14. The van der Waals surface area contributed by atoms with Gasteiger partial charge in [-0.05, 0) is 19.1 Å². The van der Waals surface area contributed by atoms with Gasteiger partial charge < -0.3 is 9.42 Å². The van der Waals surface area contributed by atoms with E-state index >= 15 is 0 Å². The Morgan fingerprint density at radius 3 is 2.72 bits per heavy atom. The van der Waals surface area contributed by atoms with Gasteiger partial charge in [0, 0.05) is 11.6 Å². The summed E-state index contributed by atoms with van der Waals surface area (Å²) < 4.78 is 5.98. The molecule has 0 bridgehead atoms. The number of anilines is 1. The van der Waals surface area contributed by atoms with Crippen LogP contribution in [0.3, 0.4) is 0 Å². The molecule has 2 aromatic heterocycles. The summed E-state index contributed by atoms with van der Waals surface area (Å²) in [6, 6.07) is 13.6. The molecular formula is C18H19ClN3O2S+. The van der Waals surface area contributed by atoms with E-state index in [2.05, 4.69) is 10.5 Å². The van der Waals surface area contributed by atoms with Crippen LogP contribution in [0.4, 0.5) is 5.88 Å². The molecule has 0 saturated heterocycles. The number of hydrogen-bond acceptors (Lipinski definition) is 4. The Balaban J connectivity index is 1.55. The Bertz CT molecular complexity index is 857. The average Bonchev–Trinajstić information content (AvgIpc) is 3.17. The Labute approximate surface area is 155 Å². The molecule has 0 fully saturated rings. The van der Waals surface area contributed by atoms with Gasteiger partial charge in [0.05, 0.1) is 16.3 Å². The maximum absolute atomic E-state index is 12.2. The van der Waals surface area contributed by atoms with Gasteiger partial charge in [-0.1, -0.05) is 46.6 Å². The van der Waals surface area contributed by atoms with E-state index in [-0.39, 0.29) is 5.91 Å². The molecule has 1 aromatic carbocycles. The molecule has 1 unspecified atom stereocenters. The molecule has 0 aliphatic rings. The third-order valence-corrected chi connectivity index (χ3v) is 4.92. The molecule has 0 saturated carbocycles. The van der Waals surface area contributed by atoms with E-state index in [9.17, 15) is 4.79 Å². The van der Waals surface area contributed by atoms with Crippen LogP contribution in [0.15, 0.2) is 47.0 Å². The summed E-state index contributed by atoms with van der Waals surface area (Å²) >= 11 is 7.46. The van der Waals surface area contributed by atoms with Gasteiger partial charge >= 0.3 is 0 Å². The molecule has 0 radical (unpaired) electrons. The van der Waals surface area contributed by atoms with Crippen LogP contribution in [-0.2, 0) is 11.3 Å². The van der Waals surface area contributed by atoms with Crippen molar-refractivity contribution in [2.45, 2.75) is 13.5 Å². The number of aryl methyl sites for hydroxylation is 1. The monoisotopic (exact) mass is 376 g/mol. The standard InChI is InChI=1S/C18H18ClN3O2S/c1-12-3-5-13(6-4-12)15-9-18(24-21-15)20-17(23)11-22(2)10-14-7-8-16(19)25-14/h3-9H,10-11H2,1-2H3,(H,20,23)/p+1. The number of thiophene rings is 1. The van der Waals surface area contributed by atoms with Crippen molar-refractivity contribution in [3.63, 3.8) is 0 Å². The lowest BCUT2D eigenvalue weighted by Crippen LogP contribution is -3.08. The van der Waals surface area contributed by atoms with Crippen molar-refractivity contribution in [2.75, 3.05) is 18.9 Å². The molecule has 0 aliphatic carbocycles. The first-order valence-corrected chi connectivity index (χ1v) is 9.08. The zero-order valence-corrected chi connectivity index (χ0v) is 15.6. The fourth-order valence-corrected chi connectivity index (χ4v) is 3.66. The first-order chi connectivity index (χ1) is 12.0. The predicted molar refractivity (Wildman–Crippen MR) is 100 cm³/mol. The second kappa shape index (κ2) is 7.82. The fourth-order valence-electron chi connectivity index (χ4n) is 2.46. The molecule has 130 valence electrons. The highest BCUT2D eigenvalue weighted by atomic mass is 35.5. The van der Waals surface area contributed by atoms with Crippen LogP contribution in [0.1, 0.15) is 10.4 Å². The Hall–Kier alpha value is -2.15. The molecule has 25 heavy (non-hydrogen) atoms. The number of likely N-dealkylation sites (N-methyl/N-ethyl adjacent to an activating group) is 1. The number of nitrogens with one attached hydrogen (secondary N) is 2. The van der Waals surface area contributed by atoms with Gasteiger partial charge in [-0.2, -0.15) is 0 Å². The molecule has 1 amide bonds. The molecule has 0 aliphatic heterocycles. The summed E-state index contributed by atoms with van der Waals surface area (Å²) in [5.41, 5.74) is 2.83. The molecule has 2 N–H and O–H groups in total. The third kappa shape index (κ3) is 4.92. The quantitative estimate of drug-likeness (QED) is 0.695. The van der Waals surface area contributed by atoms with Crippen LogP contribution < -0.4 is 10.2 Å². The first kappa shape index (κ1) is 17.7. The minimum atomic E-state index is -0.119.